The Labute approximate surface area is 183 Å². The lowest BCUT2D eigenvalue weighted by atomic mass is 10.1. The van der Waals surface area contributed by atoms with Crippen molar-refractivity contribution in [3.63, 3.8) is 0 Å². The lowest BCUT2D eigenvalue weighted by Gasteiger charge is -2.25. The molecule has 0 N–H and O–H groups in total. The second-order valence-corrected chi connectivity index (χ2v) is 7.65. The molecule has 9 heteroatoms. The second-order valence-electron chi connectivity index (χ2n) is 7.24. The first-order valence-electron chi connectivity index (χ1n) is 10.1. The highest BCUT2D eigenvalue weighted by molar-refractivity contribution is 6.32. The highest BCUT2D eigenvalue weighted by Crippen LogP contribution is 2.40. The number of hydrogen-bond donors (Lipinski definition) is 0. The first-order valence-corrected chi connectivity index (χ1v) is 10.4. The van der Waals surface area contributed by atoms with E-state index < -0.39 is 6.61 Å². The third-order valence-corrected chi connectivity index (χ3v) is 5.25. The van der Waals surface area contributed by atoms with Crippen LogP contribution < -0.4 is 18.9 Å². The van der Waals surface area contributed by atoms with Crippen molar-refractivity contribution in [3.8, 4) is 23.0 Å². The molecule has 31 heavy (non-hydrogen) atoms. The third-order valence-electron chi connectivity index (χ3n) is 4.97. The van der Waals surface area contributed by atoms with Crippen molar-refractivity contribution in [1.82, 2.24) is 4.90 Å². The Morgan fingerprint density at radius 3 is 2.68 bits per heavy atom. The Balaban J connectivity index is 1.58. The van der Waals surface area contributed by atoms with Gasteiger partial charge in [-0.05, 0) is 49.6 Å². The SMILES string of the molecule is CCOc1cc(CN(C(=O)c2cc(Cl)c3c(c2)OCCO3)C2CC2)ccc1OC(F)F. The van der Waals surface area contributed by atoms with Crippen LogP contribution in [-0.4, -0.2) is 43.3 Å². The van der Waals surface area contributed by atoms with Crippen LogP contribution in [0.5, 0.6) is 23.0 Å². The molecular weight excluding hydrogens is 432 g/mol. The van der Waals surface area contributed by atoms with E-state index in [9.17, 15) is 13.6 Å². The fourth-order valence-electron chi connectivity index (χ4n) is 3.46. The number of halogens is 3. The number of carbonyl (C=O) groups excluding carboxylic acids is 1. The zero-order valence-corrected chi connectivity index (χ0v) is 17.7. The van der Waals surface area contributed by atoms with Gasteiger partial charge < -0.3 is 23.8 Å². The Morgan fingerprint density at radius 1 is 1.19 bits per heavy atom. The molecule has 1 aliphatic carbocycles. The summed E-state index contributed by atoms with van der Waals surface area (Å²) < 4.78 is 46.4. The van der Waals surface area contributed by atoms with Crippen LogP contribution in [0.3, 0.4) is 0 Å². The number of alkyl halides is 2. The van der Waals surface area contributed by atoms with Gasteiger partial charge in [-0.25, -0.2) is 0 Å². The predicted molar refractivity (Wildman–Crippen MR) is 110 cm³/mol. The molecule has 4 rings (SSSR count). The summed E-state index contributed by atoms with van der Waals surface area (Å²) in [5, 5.41) is 0.323. The number of hydrogen-bond acceptors (Lipinski definition) is 5. The average molecular weight is 454 g/mol. The van der Waals surface area contributed by atoms with E-state index in [1.165, 1.54) is 6.07 Å². The quantitative estimate of drug-likeness (QED) is 0.568. The largest absolute Gasteiger partial charge is 0.490 e. The Kier molecular flexibility index (Phi) is 6.36. The highest BCUT2D eigenvalue weighted by atomic mass is 35.5. The van der Waals surface area contributed by atoms with Crippen LogP contribution >= 0.6 is 11.6 Å². The third kappa shape index (κ3) is 4.95. The van der Waals surface area contributed by atoms with E-state index in [0.717, 1.165) is 18.4 Å². The molecule has 1 fully saturated rings. The molecule has 2 aromatic carbocycles. The van der Waals surface area contributed by atoms with E-state index in [0.29, 0.717) is 48.5 Å². The number of amides is 1. The van der Waals surface area contributed by atoms with Gasteiger partial charge in [0, 0.05) is 18.2 Å². The minimum atomic E-state index is -2.95. The molecule has 2 aliphatic rings. The summed E-state index contributed by atoms with van der Waals surface area (Å²) in [4.78, 5) is 15.1. The number of carbonyl (C=O) groups is 1. The topological polar surface area (TPSA) is 57.2 Å². The molecule has 1 amide bonds. The van der Waals surface area contributed by atoms with Crippen LogP contribution in [0.25, 0.3) is 0 Å². The van der Waals surface area contributed by atoms with E-state index in [4.69, 9.17) is 25.8 Å². The molecule has 0 aromatic heterocycles. The zero-order chi connectivity index (χ0) is 22.0. The molecule has 0 radical (unpaired) electrons. The first kappa shape index (κ1) is 21.5. The maximum atomic E-state index is 13.3. The van der Waals surface area contributed by atoms with Gasteiger partial charge in [-0.15, -0.1) is 0 Å². The molecule has 1 heterocycles. The van der Waals surface area contributed by atoms with Gasteiger partial charge in [0.15, 0.2) is 23.0 Å². The van der Waals surface area contributed by atoms with Crippen molar-refractivity contribution in [1.29, 1.82) is 0 Å². The van der Waals surface area contributed by atoms with Crippen LogP contribution in [0.4, 0.5) is 8.78 Å². The van der Waals surface area contributed by atoms with Gasteiger partial charge in [-0.2, -0.15) is 8.78 Å². The second kappa shape index (κ2) is 9.18. The average Bonchev–Trinajstić information content (AvgIpc) is 3.58. The van der Waals surface area contributed by atoms with Crippen LogP contribution in [0.1, 0.15) is 35.7 Å². The fourth-order valence-corrected chi connectivity index (χ4v) is 3.73. The zero-order valence-electron chi connectivity index (χ0n) is 16.9. The lowest BCUT2D eigenvalue weighted by Crippen LogP contribution is -2.32. The van der Waals surface area contributed by atoms with Gasteiger partial charge in [0.25, 0.3) is 5.91 Å². The van der Waals surface area contributed by atoms with E-state index in [2.05, 4.69) is 4.74 Å². The van der Waals surface area contributed by atoms with Crippen molar-refractivity contribution in [2.45, 2.75) is 39.0 Å². The number of ether oxygens (including phenoxy) is 4. The van der Waals surface area contributed by atoms with Crippen molar-refractivity contribution in [2.24, 2.45) is 0 Å². The lowest BCUT2D eigenvalue weighted by molar-refractivity contribution is -0.0514. The van der Waals surface area contributed by atoms with Gasteiger partial charge in [0.05, 0.1) is 11.6 Å². The van der Waals surface area contributed by atoms with E-state index in [1.54, 1.807) is 36.1 Å². The van der Waals surface area contributed by atoms with E-state index in [-0.39, 0.29) is 23.4 Å². The van der Waals surface area contributed by atoms with Crippen molar-refractivity contribution >= 4 is 17.5 Å². The molecule has 0 atom stereocenters. The van der Waals surface area contributed by atoms with E-state index in [1.807, 2.05) is 0 Å². The molecule has 1 aliphatic heterocycles. The smallest absolute Gasteiger partial charge is 0.387 e. The molecule has 0 unspecified atom stereocenters. The van der Waals surface area contributed by atoms with Crippen molar-refractivity contribution in [3.05, 3.63) is 46.5 Å². The molecule has 1 saturated carbocycles. The molecular formula is C22H22ClF2NO5. The van der Waals surface area contributed by atoms with Crippen LogP contribution in [-0.2, 0) is 6.54 Å². The number of nitrogens with zero attached hydrogens (tertiary/aromatic N) is 1. The molecule has 6 nitrogen and oxygen atoms in total. The van der Waals surface area contributed by atoms with E-state index >= 15 is 0 Å². The minimum Gasteiger partial charge on any atom is -0.490 e. The molecule has 0 spiro atoms. The predicted octanol–water partition coefficient (Wildman–Crippen LogP) is 4.92. The maximum Gasteiger partial charge on any atom is 0.387 e. The van der Waals surface area contributed by atoms with Gasteiger partial charge in [0.2, 0.25) is 0 Å². The molecule has 2 aromatic rings. The van der Waals surface area contributed by atoms with Crippen LogP contribution in [0.2, 0.25) is 5.02 Å². The Bertz CT molecular complexity index is 967. The van der Waals surface area contributed by atoms with Crippen LogP contribution in [0.15, 0.2) is 30.3 Å². The molecule has 166 valence electrons. The van der Waals surface area contributed by atoms with Gasteiger partial charge in [-0.1, -0.05) is 17.7 Å². The summed E-state index contributed by atoms with van der Waals surface area (Å²) in [6.45, 7) is 0.191. The van der Waals surface area contributed by atoms with Crippen molar-refractivity contribution < 1.29 is 32.5 Å². The summed E-state index contributed by atoms with van der Waals surface area (Å²) in [5.74, 6) is 0.880. The first-order chi connectivity index (χ1) is 15.0. The number of benzene rings is 2. The maximum absolute atomic E-state index is 13.3. The van der Waals surface area contributed by atoms with Gasteiger partial charge >= 0.3 is 6.61 Å². The summed E-state index contributed by atoms with van der Waals surface area (Å²) >= 11 is 6.30. The summed E-state index contributed by atoms with van der Waals surface area (Å²) in [6.07, 6.45) is 1.80. The summed E-state index contributed by atoms with van der Waals surface area (Å²) in [6, 6.07) is 8.04. The van der Waals surface area contributed by atoms with Crippen molar-refractivity contribution in [2.75, 3.05) is 19.8 Å². The minimum absolute atomic E-state index is 0.0384. The molecule has 0 bridgehead atoms. The number of fused-ring (bicyclic) bond motifs is 1. The Morgan fingerprint density at radius 2 is 1.97 bits per heavy atom. The summed E-state index contributed by atoms with van der Waals surface area (Å²) in [5.41, 5.74) is 1.15. The number of rotatable bonds is 8. The monoisotopic (exact) mass is 453 g/mol. The van der Waals surface area contributed by atoms with Gasteiger partial charge in [0.1, 0.15) is 13.2 Å². The Hall–Kier alpha value is -2.74. The summed E-state index contributed by atoms with van der Waals surface area (Å²) in [7, 11) is 0. The fraction of sp³-hybridized carbons (Fsp3) is 0.409. The standard InChI is InChI=1S/C22H22ClF2NO5/c1-2-28-18-9-13(3-6-17(18)31-22(24)25)12-26(15-4-5-15)21(27)14-10-16(23)20-19(11-14)29-7-8-30-20/h3,6,9-11,15,22H,2,4-5,7-8,12H2,1H3. The highest BCUT2D eigenvalue weighted by Gasteiger charge is 2.34. The van der Waals surface area contributed by atoms with Crippen LogP contribution in [0, 0.1) is 0 Å². The normalized spacial score (nSPS) is 15.0. The van der Waals surface area contributed by atoms with Gasteiger partial charge in [-0.3, -0.25) is 4.79 Å². The molecule has 0 saturated heterocycles.